The number of anilines is 1. The molecular formula is C13H18N4. The number of hydrogen-bond donors (Lipinski definition) is 1. The third kappa shape index (κ3) is 3.18. The Kier molecular flexibility index (Phi) is 3.60. The van der Waals surface area contributed by atoms with Crippen molar-refractivity contribution in [2.75, 3.05) is 26.0 Å². The lowest BCUT2D eigenvalue weighted by molar-refractivity contribution is 0.276. The molecule has 1 aromatic heterocycles. The van der Waals surface area contributed by atoms with Gasteiger partial charge in [0.15, 0.2) is 0 Å². The van der Waals surface area contributed by atoms with Gasteiger partial charge >= 0.3 is 0 Å². The molecule has 0 aromatic carbocycles. The highest BCUT2D eigenvalue weighted by atomic mass is 15.1. The molecule has 1 aliphatic carbocycles. The van der Waals surface area contributed by atoms with Crippen LogP contribution in [0.25, 0.3) is 0 Å². The van der Waals surface area contributed by atoms with Gasteiger partial charge in [0.05, 0.1) is 5.56 Å². The summed E-state index contributed by atoms with van der Waals surface area (Å²) in [5.74, 6) is 1.67. The van der Waals surface area contributed by atoms with E-state index in [1.807, 2.05) is 6.07 Å². The van der Waals surface area contributed by atoms with Gasteiger partial charge in [0.25, 0.3) is 0 Å². The molecule has 4 heteroatoms. The van der Waals surface area contributed by atoms with Crippen LogP contribution in [0.3, 0.4) is 0 Å². The zero-order chi connectivity index (χ0) is 12.3. The molecule has 0 spiro atoms. The molecule has 4 nitrogen and oxygen atoms in total. The van der Waals surface area contributed by atoms with Gasteiger partial charge in [-0.25, -0.2) is 4.98 Å². The van der Waals surface area contributed by atoms with Crippen molar-refractivity contribution in [1.82, 2.24) is 9.88 Å². The molecule has 90 valence electrons. The smallest absolute Gasteiger partial charge is 0.126 e. The third-order valence-corrected chi connectivity index (χ3v) is 3.21. The Labute approximate surface area is 102 Å². The van der Waals surface area contributed by atoms with Crippen LogP contribution in [0, 0.1) is 17.2 Å². The second kappa shape index (κ2) is 5.15. The van der Waals surface area contributed by atoms with Gasteiger partial charge in [-0.15, -0.1) is 0 Å². The van der Waals surface area contributed by atoms with Crippen LogP contribution in [-0.2, 0) is 0 Å². The Balaban J connectivity index is 1.89. The van der Waals surface area contributed by atoms with E-state index in [1.54, 1.807) is 12.3 Å². The number of pyridine rings is 1. The Bertz CT molecular complexity index is 398. The first-order valence-corrected chi connectivity index (χ1v) is 5.97. The summed E-state index contributed by atoms with van der Waals surface area (Å²) in [7, 11) is 4.24. The number of hydrogen-bond acceptors (Lipinski definition) is 4. The van der Waals surface area contributed by atoms with Crippen molar-refractivity contribution in [3.8, 4) is 6.07 Å². The minimum atomic E-state index is 0.576. The molecular weight excluding hydrogens is 212 g/mol. The molecule has 1 atom stereocenters. The average Bonchev–Trinajstić information content (AvgIpc) is 3.14. The van der Waals surface area contributed by atoms with Crippen LogP contribution in [-0.4, -0.2) is 36.6 Å². The summed E-state index contributed by atoms with van der Waals surface area (Å²) in [6.45, 7) is 0.913. The minimum absolute atomic E-state index is 0.576. The van der Waals surface area contributed by atoms with Crippen molar-refractivity contribution < 1.29 is 0 Å². The molecule has 1 aromatic rings. The number of nitriles is 1. The van der Waals surface area contributed by atoms with Crippen LogP contribution in [0.5, 0.6) is 0 Å². The van der Waals surface area contributed by atoms with E-state index in [0.29, 0.717) is 11.6 Å². The van der Waals surface area contributed by atoms with Gasteiger partial charge in [-0.3, -0.25) is 0 Å². The molecule has 1 aliphatic rings. The summed E-state index contributed by atoms with van der Waals surface area (Å²) in [5, 5.41) is 12.0. The molecule has 0 bridgehead atoms. The Morgan fingerprint density at radius 1 is 1.53 bits per heavy atom. The molecule has 1 fully saturated rings. The van der Waals surface area contributed by atoms with E-state index >= 15 is 0 Å². The summed E-state index contributed by atoms with van der Waals surface area (Å²) in [6, 6.07) is 6.29. The second-order valence-corrected chi connectivity index (χ2v) is 4.79. The number of rotatable bonds is 5. The molecule has 0 aliphatic heterocycles. The highest BCUT2D eigenvalue weighted by molar-refractivity contribution is 5.39. The summed E-state index contributed by atoms with van der Waals surface area (Å²) < 4.78 is 0. The largest absolute Gasteiger partial charge is 0.368 e. The first-order valence-electron chi connectivity index (χ1n) is 5.97. The highest BCUT2D eigenvalue weighted by Gasteiger charge is 2.32. The maximum atomic E-state index is 8.68. The van der Waals surface area contributed by atoms with Crippen LogP contribution in [0.2, 0.25) is 0 Å². The lowest BCUT2D eigenvalue weighted by Crippen LogP contribution is -2.36. The molecule has 1 saturated carbocycles. The van der Waals surface area contributed by atoms with Crippen LogP contribution in [0.4, 0.5) is 5.82 Å². The third-order valence-electron chi connectivity index (χ3n) is 3.21. The molecule has 2 rings (SSSR count). The number of aromatic nitrogens is 1. The minimum Gasteiger partial charge on any atom is -0.368 e. The Hall–Kier alpha value is -1.60. The molecule has 17 heavy (non-hydrogen) atoms. The van der Waals surface area contributed by atoms with E-state index in [-0.39, 0.29) is 0 Å². The van der Waals surface area contributed by atoms with Crippen molar-refractivity contribution in [2.24, 2.45) is 5.92 Å². The summed E-state index contributed by atoms with van der Waals surface area (Å²) >= 11 is 0. The van der Waals surface area contributed by atoms with E-state index in [9.17, 15) is 0 Å². The topological polar surface area (TPSA) is 52.0 Å². The van der Waals surface area contributed by atoms with Crippen LogP contribution in [0.1, 0.15) is 18.4 Å². The number of nitrogens with zero attached hydrogens (tertiary/aromatic N) is 3. The summed E-state index contributed by atoms with van der Waals surface area (Å²) in [4.78, 5) is 6.48. The summed E-state index contributed by atoms with van der Waals surface area (Å²) in [6.07, 6.45) is 4.28. The maximum Gasteiger partial charge on any atom is 0.126 e. The van der Waals surface area contributed by atoms with Gasteiger partial charge in [0, 0.05) is 18.8 Å². The predicted octanol–water partition coefficient (Wildman–Crippen LogP) is 1.71. The lowest BCUT2D eigenvalue weighted by Gasteiger charge is -2.24. The second-order valence-electron chi connectivity index (χ2n) is 4.79. The first-order chi connectivity index (χ1) is 8.20. The van der Waals surface area contributed by atoms with Crippen LogP contribution in [0.15, 0.2) is 18.3 Å². The fourth-order valence-electron chi connectivity index (χ4n) is 2.03. The van der Waals surface area contributed by atoms with Crippen molar-refractivity contribution >= 4 is 5.82 Å². The average molecular weight is 230 g/mol. The number of nitrogens with one attached hydrogen (secondary N) is 1. The quantitative estimate of drug-likeness (QED) is 0.836. The molecule has 0 radical (unpaired) electrons. The van der Waals surface area contributed by atoms with Crippen LogP contribution >= 0.6 is 0 Å². The van der Waals surface area contributed by atoms with Gasteiger partial charge in [0.1, 0.15) is 11.9 Å². The normalized spacial score (nSPS) is 16.6. The molecule has 1 N–H and O–H groups in total. The Morgan fingerprint density at radius 3 is 2.76 bits per heavy atom. The summed E-state index contributed by atoms with van der Waals surface area (Å²) in [5.41, 5.74) is 0.599. The van der Waals surface area contributed by atoms with Gasteiger partial charge in [-0.1, -0.05) is 0 Å². The van der Waals surface area contributed by atoms with Crippen molar-refractivity contribution in [3.05, 3.63) is 23.9 Å². The van der Waals surface area contributed by atoms with Gasteiger partial charge < -0.3 is 10.2 Å². The van der Waals surface area contributed by atoms with E-state index in [2.05, 4.69) is 35.4 Å². The van der Waals surface area contributed by atoms with Gasteiger partial charge in [-0.05, 0) is 45.0 Å². The predicted molar refractivity (Wildman–Crippen MR) is 67.6 cm³/mol. The van der Waals surface area contributed by atoms with E-state index in [4.69, 9.17) is 5.26 Å². The monoisotopic (exact) mass is 230 g/mol. The highest BCUT2D eigenvalue weighted by Crippen LogP contribution is 2.34. The van der Waals surface area contributed by atoms with Crippen molar-refractivity contribution in [2.45, 2.75) is 18.9 Å². The SMILES string of the molecule is CN(C)C(CNc1ccc(C#N)cn1)C1CC1. The molecule has 0 saturated heterocycles. The van der Waals surface area contributed by atoms with Gasteiger partial charge in [-0.2, -0.15) is 5.26 Å². The molecule has 1 unspecified atom stereocenters. The fraction of sp³-hybridized carbons (Fsp3) is 0.538. The zero-order valence-electron chi connectivity index (χ0n) is 10.3. The fourth-order valence-corrected chi connectivity index (χ4v) is 2.03. The number of likely N-dealkylation sites (N-methyl/N-ethyl adjacent to an activating group) is 1. The lowest BCUT2D eigenvalue weighted by atomic mass is 10.1. The van der Waals surface area contributed by atoms with Crippen molar-refractivity contribution in [1.29, 1.82) is 5.26 Å². The van der Waals surface area contributed by atoms with Crippen LogP contribution < -0.4 is 5.32 Å². The van der Waals surface area contributed by atoms with E-state index in [0.717, 1.165) is 18.3 Å². The maximum absolute atomic E-state index is 8.68. The van der Waals surface area contributed by atoms with E-state index < -0.39 is 0 Å². The molecule has 0 amide bonds. The standard InChI is InChI=1S/C13H18N4/c1-17(2)12(11-4-5-11)9-16-13-6-3-10(7-14)8-15-13/h3,6,8,11-12H,4-5,9H2,1-2H3,(H,15,16). The van der Waals surface area contributed by atoms with Crippen molar-refractivity contribution in [3.63, 3.8) is 0 Å². The molecule has 1 heterocycles. The first kappa shape index (κ1) is 11.9. The van der Waals surface area contributed by atoms with Gasteiger partial charge in [0.2, 0.25) is 0 Å². The zero-order valence-corrected chi connectivity index (χ0v) is 10.3. The van der Waals surface area contributed by atoms with E-state index in [1.165, 1.54) is 12.8 Å². The Morgan fingerprint density at radius 2 is 2.29 bits per heavy atom.